The molecule has 0 radical (unpaired) electrons. The second kappa shape index (κ2) is 16.6. The lowest BCUT2D eigenvalue weighted by Gasteiger charge is -2.18. The SMILES string of the molecule is O=Cc1cccc(OCCCOCc2ccccc2)c1Oc1c(C=O)cccc1OCCCOCc1ccccc1. The third-order valence-corrected chi connectivity index (χ3v) is 6.08. The van der Waals surface area contributed by atoms with E-state index in [1.807, 2.05) is 60.7 Å². The van der Waals surface area contributed by atoms with E-state index in [4.69, 9.17) is 23.7 Å². The second-order valence-corrected chi connectivity index (χ2v) is 9.17. The molecular formula is C34H34O7. The average molecular weight is 555 g/mol. The van der Waals surface area contributed by atoms with Crippen LogP contribution in [0.3, 0.4) is 0 Å². The van der Waals surface area contributed by atoms with Crippen LogP contribution in [-0.2, 0) is 22.7 Å². The first-order chi connectivity index (χ1) is 20.3. The van der Waals surface area contributed by atoms with Crippen LogP contribution in [0.25, 0.3) is 0 Å². The van der Waals surface area contributed by atoms with Gasteiger partial charge < -0.3 is 23.7 Å². The van der Waals surface area contributed by atoms with Crippen molar-refractivity contribution in [1.29, 1.82) is 0 Å². The van der Waals surface area contributed by atoms with E-state index < -0.39 is 0 Å². The molecule has 0 unspecified atom stereocenters. The molecule has 4 aromatic carbocycles. The number of hydrogen-bond donors (Lipinski definition) is 0. The standard InChI is InChI=1S/C34H34O7/c35-23-29-15-7-17-31(39-21-9-19-37-25-27-11-3-1-4-12-27)33(29)41-34-30(24-36)16-8-18-32(34)40-22-10-20-38-26-28-13-5-2-6-14-28/h1-8,11-18,23-24H,9-10,19-22,25-26H2. The average Bonchev–Trinajstić information content (AvgIpc) is 3.02. The zero-order valence-electron chi connectivity index (χ0n) is 22.9. The highest BCUT2D eigenvalue weighted by Crippen LogP contribution is 2.40. The van der Waals surface area contributed by atoms with Gasteiger partial charge in [-0.15, -0.1) is 0 Å². The van der Waals surface area contributed by atoms with E-state index in [1.165, 1.54) is 0 Å². The van der Waals surface area contributed by atoms with Crippen LogP contribution in [0.2, 0.25) is 0 Å². The van der Waals surface area contributed by atoms with E-state index in [1.54, 1.807) is 36.4 Å². The smallest absolute Gasteiger partial charge is 0.180 e. The molecular weight excluding hydrogens is 520 g/mol. The number of carbonyl (C=O) groups excluding carboxylic acids is 2. The van der Waals surface area contributed by atoms with E-state index in [-0.39, 0.29) is 11.5 Å². The van der Waals surface area contributed by atoms with Gasteiger partial charge in [-0.3, -0.25) is 9.59 Å². The summed E-state index contributed by atoms with van der Waals surface area (Å²) in [4.78, 5) is 23.7. The molecule has 0 atom stereocenters. The fourth-order valence-electron chi connectivity index (χ4n) is 4.01. The maximum atomic E-state index is 11.9. The van der Waals surface area contributed by atoms with E-state index in [0.29, 0.717) is 87.7 Å². The topological polar surface area (TPSA) is 80.3 Å². The zero-order chi connectivity index (χ0) is 28.5. The molecule has 4 rings (SSSR count). The third kappa shape index (κ3) is 9.31. The van der Waals surface area contributed by atoms with Gasteiger partial charge in [0, 0.05) is 12.8 Å². The highest BCUT2D eigenvalue weighted by Gasteiger charge is 2.18. The van der Waals surface area contributed by atoms with Crippen LogP contribution in [-0.4, -0.2) is 39.0 Å². The van der Waals surface area contributed by atoms with Crippen molar-refractivity contribution in [1.82, 2.24) is 0 Å². The molecule has 0 spiro atoms. The second-order valence-electron chi connectivity index (χ2n) is 9.17. The van der Waals surface area contributed by atoms with Crippen molar-refractivity contribution in [3.05, 3.63) is 119 Å². The van der Waals surface area contributed by atoms with E-state index in [0.717, 1.165) is 11.1 Å². The summed E-state index contributed by atoms with van der Waals surface area (Å²) < 4.78 is 29.6. The van der Waals surface area contributed by atoms with Gasteiger partial charge in [0.1, 0.15) is 0 Å². The minimum absolute atomic E-state index is 0.220. The quantitative estimate of drug-likeness (QED) is 0.0961. The molecule has 0 heterocycles. The Hall–Kier alpha value is -4.46. The van der Waals surface area contributed by atoms with Crippen LogP contribution in [0, 0.1) is 0 Å². The normalized spacial score (nSPS) is 10.6. The van der Waals surface area contributed by atoms with Gasteiger partial charge in [-0.1, -0.05) is 72.8 Å². The molecule has 0 aliphatic carbocycles. The van der Waals surface area contributed by atoms with Crippen molar-refractivity contribution < 1.29 is 33.3 Å². The maximum absolute atomic E-state index is 11.9. The molecule has 0 amide bonds. The number of rotatable bonds is 18. The Kier molecular flexibility index (Phi) is 12.0. The van der Waals surface area contributed by atoms with Crippen molar-refractivity contribution in [3.63, 3.8) is 0 Å². The number of ether oxygens (including phenoxy) is 5. The lowest BCUT2D eigenvalue weighted by molar-refractivity contribution is 0.106. The van der Waals surface area contributed by atoms with Crippen molar-refractivity contribution >= 4 is 12.6 Å². The Balaban J connectivity index is 1.34. The summed E-state index contributed by atoms with van der Waals surface area (Å²) in [5.74, 6) is 1.22. The van der Waals surface area contributed by atoms with Gasteiger partial charge in [0.05, 0.1) is 50.8 Å². The van der Waals surface area contributed by atoms with Crippen molar-refractivity contribution in [2.45, 2.75) is 26.1 Å². The molecule has 212 valence electrons. The molecule has 7 heteroatoms. The number of hydrogen-bond acceptors (Lipinski definition) is 7. The minimum atomic E-state index is 0.220. The van der Waals surface area contributed by atoms with Crippen LogP contribution < -0.4 is 14.2 Å². The third-order valence-electron chi connectivity index (χ3n) is 6.08. The number of aldehydes is 2. The van der Waals surface area contributed by atoms with Crippen LogP contribution in [0.1, 0.15) is 44.7 Å². The van der Waals surface area contributed by atoms with E-state index in [2.05, 4.69) is 0 Å². The summed E-state index contributed by atoms with van der Waals surface area (Å²) >= 11 is 0. The molecule has 0 saturated carbocycles. The van der Waals surface area contributed by atoms with E-state index >= 15 is 0 Å². The van der Waals surface area contributed by atoms with Crippen LogP contribution in [0.4, 0.5) is 0 Å². The molecule has 0 aliphatic heterocycles. The van der Waals surface area contributed by atoms with Crippen LogP contribution >= 0.6 is 0 Å². The lowest BCUT2D eigenvalue weighted by Crippen LogP contribution is -2.07. The highest BCUT2D eigenvalue weighted by atomic mass is 16.5. The molecule has 0 aliphatic rings. The Morgan fingerprint density at radius 2 is 0.927 bits per heavy atom. The summed E-state index contributed by atoms with van der Waals surface area (Å²) in [5, 5.41) is 0. The van der Waals surface area contributed by atoms with Gasteiger partial charge >= 0.3 is 0 Å². The first kappa shape index (κ1) is 29.5. The molecule has 4 aromatic rings. The summed E-state index contributed by atoms with van der Waals surface area (Å²) in [6.07, 6.45) is 2.67. The predicted octanol–water partition coefficient (Wildman–Crippen LogP) is 7.08. The van der Waals surface area contributed by atoms with Gasteiger partial charge in [0.15, 0.2) is 35.6 Å². The summed E-state index contributed by atoms with van der Waals surface area (Å²) in [5.41, 5.74) is 2.80. The summed E-state index contributed by atoms with van der Waals surface area (Å²) in [7, 11) is 0. The number of benzene rings is 4. The molecule has 0 aromatic heterocycles. The van der Waals surface area contributed by atoms with Gasteiger partial charge in [0.25, 0.3) is 0 Å². The van der Waals surface area contributed by atoms with Gasteiger partial charge in [-0.2, -0.15) is 0 Å². The number of para-hydroxylation sites is 2. The monoisotopic (exact) mass is 554 g/mol. The van der Waals surface area contributed by atoms with Crippen LogP contribution in [0.15, 0.2) is 97.1 Å². The Morgan fingerprint density at radius 1 is 0.488 bits per heavy atom. The zero-order valence-corrected chi connectivity index (χ0v) is 22.9. The van der Waals surface area contributed by atoms with Crippen molar-refractivity contribution in [2.75, 3.05) is 26.4 Å². The summed E-state index contributed by atoms with van der Waals surface area (Å²) in [6.45, 7) is 2.80. The molecule has 0 fully saturated rings. The Morgan fingerprint density at radius 3 is 1.34 bits per heavy atom. The fraction of sp³-hybridized carbons (Fsp3) is 0.235. The maximum Gasteiger partial charge on any atom is 0.180 e. The van der Waals surface area contributed by atoms with Crippen LogP contribution in [0.5, 0.6) is 23.0 Å². The van der Waals surface area contributed by atoms with Gasteiger partial charge in [-0.05, 0) is 35.4 Å². The molecule has 41 heavy (non-hydrogen) atoms. The largest absolute Gasteiger partial charge is 0.490 e. The first-order valence-electron chi connectivity index (χ1n) is 13.6. The summed E-state index contributed by atoms with van der Waals surface area (Å²) in [6, 6.07) is 30.0. The molecule has 0 saturated heterocycles. The van der Waals surface area contributed by atoms with Crippen molar-refractivity contribution in [3.8, 4) is 23.0 Å². The Labute approximate surface area is 240 Å². The molecule has 0 bridgehead atoms. The minimum Gasteiger partial charge on any atom is -0.490 e. The van der Waals surface area contributed by atoms with Gasteiger partial charge in [-0.25, -0.2) is 0 Å². The Bertz CT molecular complexity index is 1250. The highest BCUT2D eigenvalue weighted by molar-refractivity contribution is 5.84. The first-order valence-corrected chi connectivity index (χ1v) is 13.6. The van der Waals surface area contributed by atoms with Crippen molar-refractivity contribution in [2.24, 2.45) is 0 Å². The van der Waals surface area contributed by atoms with E-state index in [9.17, 15) is 9.59 Å². The molecule has 0 N–H and O–H groups in total. The fourth-order valence-corrected chi connectivity index (χ4v) is 4.01. The number of carbonyl (C=O) groups is 2. The predicted molar refractivity (Wildman–Crippen MR) is 156 cm³/mol. The molecule has 7 nitrogen and oxygen atoms in total. The lowest BCUT2D eigenvalue weighted by atomic mass is 10.1. The van der Waals surface area contributed by atoms with Gasteiger partial charge in [0.2, 0.25) is 0 Å².